The molecule has 38 heavy (non-hydrogen) atoms. The van der Waals surface area contributed by atoms with Gasteiger partial charge in [0, 0.05) is 28.9 Å². The minimum absolute atomic E-state index is 0.00525. The van der Waals surface area contributed by atoms with Crippen LogP contribution in [0.1, 0.15) is 24.1 Å². The monoisotopic (exact) mass is 502 g/mol. The molecule has 0 spiro atoms. The number of amides is 1. The summed E-state index contributed by atoms with van der Waals surface area (Å²) in [5.41, 5.74) is 4.19. The van der Waals surface area contributed by atoms with Crippen molar-refractivity contribution in [3.8, 4) is 28.7 Å². The molecule has 2 aromatic heterocycles. The highest BCUT2D eigenvalue weighted by atomic mass is 16.5. The number of H-pyrrole nitrogens is 1. The van der Waals surface area contributed by atoms with Crippen molar-refractivity contribution < 1.29 is 14.3 Å². The van der Waals surface area contributed by atoms with Gasteiger partial charge < -0.3 is 19.8 Å². The Kier molecular flexibility index (Phi) is 6.79. The molecule has 188 valence electrons. The first-order valence-corrected chi connectivity index (χ1v) is 12.1. The minimum Gasteiger partial charge on any atom is -0.493 e. The Balaban J connectivity index is 1.42. The Labute approximate surface area is 220 Å². The van der Waals surface area contributed by atoms with E-state index in [4.69, 9.17) is 9.47 Å². The van der Waals surface area contributed by atoms with Crippen LogP contribution >= 0.6 is 0 Å². The standard InChI is InChI=1S/C31H26N4O3/c1-19(21-10-11-28(37-2)29(15-21)38-3)35-31(36)24(16-32)13-26-18-34-30-27(26)14-25(17-33-30)23-9-8-20-6-4-5-7-22(20)12-23/h4-15,17-19H,1-3H3,(H,33,34)(H,35,36)/b24-13+/t19-/m1/s1. The fourth-order valence-electron chi connectivity index (χ4n) is 4.45. The predicted octanol–water partition coefficient (Wildman–Crippen LogP) is 6.18. The molecule has 0 unspecified atom stereocenters. The molecule has 0 radical (unpaired) electrons. The van der Waals surface area contributed by atoms with Crippen LogP contribution in [-0.4, -0.2) is 30.1 Å². The van der Waals surface area contributed by atoms with Crippen LogP contribution < -0.4 is 14.8 Å². The van der Waals surface area contributed by atoms with E-state index in [1.54, 1.807) is 38.6 Å². The Morgan fingerprint density at radius 3 is 2.55 bits per heavy atom. The summed E-state index contributed by atoms with van der Waals surface area (Å²) >= 11 is 0. The van der Waals surface area contributed by atoms with E-state index in [9.17, 15) is 10.1 Å². The molecule has 7 nitrogen and oxygen atoms in total. The number of rotatable bonds is 7. The van der Waals surface area contributed by atoms with E-state index < -0.39 is 5.91 Å². The summed E-state index contributed by atoms with van der Waals surface area (Å²) in [5.74, 6) is 0.696. The maximum absolute atomic E-state index is 13.0. The summed E-state index contributed by atoms with van der Waals surface area (Å²) in [7, 11) is 3.13. The number of pyridine rings is 1. The number of aromatic nitrogens is 2. The van der Waals surface area contributed by atoms with Gasteiger partial charge >= 0.3 is 0 Å². The number of nitrogens with one attached hydrogen (secondary N) is 2. The zero-order valence-electron chi connectivity index (χ0n) is 21.3. The first-order valence-electron chi connectivity index (χ1n) is 12.1. The topological polar surface area (TPSA) is 100 Å². The second-order valence-electron chi connectivity index (χ2n) is 8.91. The minimum atomic E-state index is -0.470. The predicted molar refractivity (Wildman–Crippen MR) is 149 cm³/mol. The van der Waals surface area contributed by atoms with Crippen LogP contribution in [0.4, 0.5) is 0 Å². The number of carbonyl (C=O) groups excluding carboxylic acids is 1. The van der Waals surface area contributed by atoms with E-state index in [0.717, 1.165) is 27.5 Å². The summed E-state index contributed by atoms with van der Waals surface area (Å²) in [6.45, 7) is 1.85. The summed E-state index contributed by atoms with van der Waals surface area (Å²) in [4.78, 5) is 20.7. The van der Waals surface area contributed by atoms with Crippen molar-refractivity contribution in [2.45, 2.75) is 13.0 Å². The van der Waals surface area contributed by atoms with Gasteiger partial charge in [0.15, 0.2) is 11.5 Å². The lowest BCUT2D eigenvalue weighted by atomic mass is 10.0. The fraction of sp³-hybridized carbons (Fsp3) is 0.129. The van der Waals surface area contributed by atoms with Gasteiger partial charge in [0.05, 0.1) is 20.3 Å². The van der Waals surface area contributed by atoms with Gasteiger partial charge in [-0.1, -0.05) is 42.5 Å². The van der Waals surface area contributed by atoms with Crippen molar-refractivity contribution in [2.24, 2.45) is 0 Å². The Morgan fingerprint density at radius 1 is 1.00 bits per heavy atom. The smallest absolute Gasteiger partial charge is 0.262 e. The average molecular weight is 503 g/mol. The van der Waals surface area contributed by atoms with Gasteiger partial charge in [0.1, 0.15) is 17.3 Å². The zero-order valence-corrected chi connectivity index (χ0v) is 21.3. The van der Waals surface area contributed by atoms with Crippen LogP contribution in [0.2, 0.25) is 0 Å². The molecule has 0 saturated heterocycles. The van der Waals surface area contributed by atoms with Gasteiger partial charge in [-0.05, 0) is 59.2 Å². The summed E-state index contributed by atoms with van der Waals surface area (Å²) in [5, 5.41) is 15.8. The van der Waals surface area contributed by atoms with Gasteiger partial charge in [0.25, 0.3) is 5.91 Å². The average Bonchev–Trinajstić information content (AvgIpc) is 3.36. The zero-order chi connectivity index (χ0) is 26.6. The lowest BCUT2D eigenvalue weighted by molar-refractivity contribution is -0.117. The molecule has 5 aromatic rings. The molecule has 0 saturated carbocycles. The van der Waals surface area contributed by atoms with Crippen molar-refractivity contribution in [3.05, 3.63) is 95.8 Å². The highest BCUT2D eigenvalue weighted by Crippen LogP contribution is 2.31. The number of nitriles is 1. The largest absolute Gasteiger partial charge is 0.493 e. The molecule has 3 aromatic carbocycles. The molecule has 5 rings (SSSR count). The molecule has 2 N–H and O–H groups in total. The van der Waals surface area contributed by atoms with Gasteiger partial charge in [-0.2, -0.15) is 5.26 Å². The Morgan fingerprint density at radius 2 is 1.79 bits per heavy atom. The van der Waals surface area contributed by atoms with Crippen LogP contribution in [0.5, 0.6) is 11.5 Å². The summed E-state index contributed by atoms with van der Waals surface area (Å²) in [6.07, 6.45) is 5.16. The second kappa shape index (κ2) is 10.5. The Hall–Kier alpha value is -5.09. The first kappa shape index (κ1) is 24.6. The van der Waals surface area contributed by atoms with Crippen LogP contribution in [0, 0.1) is 11.3 Å². The molecule has 1 amide bonds. The van der Waals surface area contributed by atoms with Gasteiger partial charge in [-0.15, -0.1) is 0 Å². The van der Waals surface area contributed by atoms with Crippen LogP contribution in [0.25, 0.3) is 39.0 Å². The third-order valence-corrected chi connectivity index (χ3v) is 6.57. The van der Waals surface area contributed by atoms with Crippen molar-refractivity contribution in [1.29, 1.82) is 5.26 Å². The summed E-state index contributed by atoms with van der Waals surface area (Å²) < 4.78 is 10.6. The lowest BCUT2D eigenvalue weighted by Crippen LogP contribution is -2.27. The summed E-state index contributed by atoms with van der Waals surface area (Å²) in [6, 6.07) is 23.6. The number of methoxy groups -OCH3 is 2. The molecular formula is C31H26N4O3. The number of hydrogen-bond donors (Lipinski definition) is 2. The second-order valence-corrected chi connectivity index (χ2v) is 8.91. The van der Waals surface area contributed by atoms with Crippen molar-refractivity contribution in [2.75, 3.05) is 14.2 Å². The number of benzene rings is 3. The molecule has 0 aliphatic rings. The van der Waals surface area contributed by atoms with Crippen molar-refractivity contribution in [1.82, 2.24) is 15.3 Å². The van der Waals surface area contributed by atoms with Gasteiger partial charge in [-0.3, -0.25) is 4.79 Å². The van der Waals surface area contributed by atoms with E-state index in [2.05, 4.69) is 45.6 Å². The molecule has 0 aliphatic heterocycles. The SMILES string of the molecule is COc1ccc([C@@H](C)NC(=O)/C(C#N)=C/c2c[nH]c3ncc(-c4ccc5ccccc5c4)cc23)cc1OC. The molecule has 1 atom stereocenters. The molecular weight excluding hydrogens is 476 g/mol. The quantitative estimate of drug-likeness (QED) is 0.204. The number of ether oxygens (including phenoxy) is 2. The third kappa shape index (κ3) is 4.80. The van der Waals surface area contributed by atoms with E-state index in [0.29, 0.717) is 22.7 Å². The maximum Gasteiger partial charge on any atom is 0.262 e. The number of carbonyl (C=O) groups is 1. The van der Waals surface area contributed by atoms with Gasteiger partial charge in [0.2, 0.25) is 0 Å². The van der Waals surface area contributed by atoms with E-state index in [1.165, 1.54) is 5.39 Å². The fourth-order valence-corrected chi connectivity index (χ4v) is 4.45. The van der Waals surface area contributed by atoms with E-state index >= 15 is 0 Å². The van der Waals surface area contributed by atoms with Crippen LogP contribution in [0.3, 0.4) is 0 Å². The highest BCUT2D eigenvalue weighted by Gasteiger charge is 2.17. The molecule has 0 aliphatic carbocycles. The maximum atomic E-state index is 13.0. The highest BCUT2D eigenvalue weighted by molar-refractivity contribution is 6.04. The molecule has 7 heteroatoms. The number of fused-ring (bicyclic) bond motifs is 2. The van der Waals surface area contributed by atoms with Crippen LogP contribution in [-0.2, 0) is 4.79 Å². The van der Waals surface area contributed by atoms with Crippen molar-refractivity contribution in [3.63, 3.8) is 0 Å². The normalized spacial score (nSPS) is 12.2. The molecule has 2 heterocycles. The lowest BCUT2D eigenvalue weighted by Gasteiger charge is -2.16. The van der Waals surface area contributed by atoms with E-state index in [-0.39, 0.29) is 11.6 Å². The van der Waals surface area contributed by atoms with Gasteiger partial charge in [-0.25, -0.2) is 4.98 Å². The molecule has 0 bridgehead atoms. The van der Waals surface area contributed by atoms with Crippen LogP contribution in [0.15, 0.2) is 84.7 Å². The molecule has 0 fully saturated rings. The number of hydrogen-bond acceptors (Lipinski definition) is 5. The number of aromatic amines is 1. The number of nitrogens with zero attached hydrogens (tertiary/aromatic N) is 2. The Bertz CT molecular complexity index is 1730. The third-order valence-electron chi connectivity index (χ3n) is 6.57. The van der Waals surface area contributed by atoms with Crippen molar-refractivity contribution >= 4 is 33.8 Å². The first-order chi connectivity index (χ1) is 18.5. The van der Waals surface area contributed by atoms with E-state index in [1.807, 2.05) is 43.5 Å².